The van der Waals surface area contributed by atoms with E-state index in [1.54, 1.807) is 24.3 Å². The Bertz CT molecular complexity index is 602. The maximum Gasteiger partial charge on any atom is 0.471 e. The summed E-state index contributed by atoms with van der Waals surface area (Å²) in [5, 5.41) is 0.293. The Kier molecular flexibility index (Phi) is 6.06. The highest BCUT2D eigenvalue weighted by atomic mass is 35.5. The second kappa shape index (κ2) is 7.85. The number of ether oxygens (including phenoxy) is 1. The maximum atomic E-state index is 12.3. The summed E-state index contributed by atoms with van der Waals surface area (Å²) in [6.45, 7) is 1.06. The van der Waals surface area contributed by atoms with Gasteiger partial charge in [-0.2, -0.15) is 13.2 Å². The first-order chi connectivity index (χ1) is 11.3. The summed E-state index contributed by atoms with van der Waals surface area (Å²) in [4.78, 5) is 25.6. The molecule has 1 aliphatic heterocycles. The molecule has 1 heterocycles. The quantitative estimate of drug-likeness (QED) is 0.769. The Morgan fingerprint density at radius 2 is 1.75 bits per heavy atom. The molecule has 1 aromatic rings. The summed E-state index contributed by atoms with van der Waals surface area (Å²) in [5.41, 5.74) is 0.264. The van der Waals surface area contributed by atoms with E-state index < -0.39 is 18.1 Å². The molecule has 0 atom stereocenters. The van der Waals surface area contributed by atoms with Crippen molar-refractivity contribution in [3.8, 4) is 0 Å². The number of hydrogen-bond donors (Lipinski definition) is 0. The van der Waals surface area contributed by atoms with Crippen LogP contribution in [0.2, 0.25) is 5.02 Å². The van der Waals surface area contributed by atoms with E-state index in [2.05, 4.69) is 0 Å². The number of alkyl halides is 3. The fraction of sp³-hybridized carbons (Fsp3) is 0.467. The van der Waals surface area contributed by atoms with Crippen molar-refractivity contribution in [2.24, 2.45) is 0 Å². The zero-order chi connectivity index (χ0) is 17.7. The lowest BCUT2D eigenvalue weighted by Gasteiger charge is -2.34. The number of piperazine rings is 1. The number of carbonyl (C=O) groups is 2. The predicted molar refractivity (Wildman–Crippen MR) is 80.8 cm³/mol. The Labute approximate surface area is 141 Å². The zero-order valence-corrected chi connectivity index (χ0v) is 13.4. The molecular formula is C15H16ClF3N2O3. The van der Waals surface area contributed by atoms with E-state index >= 15 is 0 Å². The van der Waals surface area contributed by atoms with Gasteiger partial charge in [0.2, 0.25) is 0 Å². The molecule has 5 nitrogen and oxygen atoms in total. The van der Waals surface area contributed by atoms with E-state index in [0.29, 0.717) is 24.7 Å². The van der Waals surface area contributed by atoms with Gasteiger partial charge in [-0.25, -0.2) is 4.79 Å². The number of halogens is 4. The minimum absolute atomic E-state index is 0.00317. The standard InChI is InChI=1S/C15H16ClF3N2O3/c16-12-4-2-1-3-11(12)13(22)24-10-9-20-5-7-21(8-6-20)14(23)15(17,18)19/h1-4H,5-10H2. The molecule has 0 aromatic heterocycles. The molecule has 0 bridgehead atoms. The SMILES string of the molecule is O=C(OCCN1CCN(C(=O)C(F)(F)F)CC1)c1ccccc1Cl. The summed E-state index contributed by atoms with van der Waals surface area (Å²) >= 11 is 5.89. The van der Waals surface area contributed by atoms with Crippen molar-refractivity contribution in [1.82, 2.24) is 9.80 Å². The highest BCUT2D eigenvalue weighted by molar-refractivity contribution is 6.33. The zero-order valence-electron chi connectivity index (χ0n) is 12.7. The highest BCUT2D eigenvalue weighted by Crippen LogP contribution is 2.19. The third-order valence-corrected chi connectivity index (χ3v) is 3.97. The normalized spacial score (nSPS) is 16.1. The van der Waals surface area contributed by atoms with Crippen molar-refractivity contribution in [3.05, 3.63) is 34.9 Å². The molecule has 1 fully saturated rings. The average Bonchev–Trinajstić information content (AvgIpc) is 2.54. The molecule has 0 spiro atoms. The monoisotopic (exact) mass is 364 g/mol. The van der Waals surface area contributed by atoms with E-state index in [1.807, 2.05) is 4.90 Å². The van der Waals surface area contributed by atoms with Crippen LogP contribution in [0.3, 0.4) is 0 Å². The first-order valence-electron chi connectivity index (χ1n) is 7.29. The van der Waals surface area contributed by atoms with Gasteiger partial charge < -0.3 is 9.64 Å². The molecule has 0 saturated carbocycles. The second-order valence-electron chi connectivity index (χ2n) is 5.25. The summed E-state index contributed by atoms with van der Waals surface area (Å²) in [6.07, 6.45) is -4.84. The molecule has 0 unspecified atom stereocenters. The second-order valence-corrected chi connectivity index (χ2v) is 5.65. The van der Waals surface area contributed by atoms with Crippen LogP contribution in [0, 0.1) is 0 Å². The van der Waals surface area contributed by atoms with Crippen molar-refractivity contribution in [3.63, 3.8) is 0 Å². The maximum absolute atomic E-state index is 12.3. The lowest BCUT2D eigenvalue weighted by atomic mass is 10.2. The van der Waals surface area contributed by atoms with Crippen LogP contribution in [0.5, 0.6) is 0 Å². The molecule has 0 radical (unpaired) electrons. The van der Waals surface area contributed by atoms with Gasteiger partial charge in [0.05, 0.1) is 10.6 Å². The third-order valence-electron chi connectivity index (χ3n) is 3.64. The molecule has 0 aliphatic carbocycles. The molecule has 1 aromatic carbocycles. The number of hydrogen-bond acceptors (Lipinski definition) is 4. The van der Waals surface area contributed by atoms with Gasteiger partial charge in [0.25, 0.3) is 0 Å². The van der Waals surface area contributed by atoms with E-state index in [4.69, 9.17) is 16.3 Å². The predicted octanol–water partition coefficient (Wildman–Crippen LogP) is 2.20. The van der Waals surface area contributed by atoms with E-state index in [-0.39, 0.29) is 25.3 Å². The molecule has 2 rings (SSSR count). The fourth-order valence-electron chi connectivity index (χ4n) is 2.33. The number of amides is 1. The number of nitrogens with zero attached hydrogens (tertiary/aromatic N) is 2. The molecule has 24 heavy (non-hydrogen) atoms. The van der Waals surface area contributed by atoms with E-state index in [9.17, 15) is 22.8 Å². The molecule has 9 heteroatoms. The van der Waals surface area contributed by atoms with Crippen LogP contribution in [0.1, 0.15) is 10.4 Å². The van der Waals surface area contributed by atoms with Gasteiger partial charge in [-0.3, -0.25) is 9.69 Å². The summed E-state index contributed by atoms with van der Waals surface area (Å²) in [5.74, 6) is -2.36. The van der Waals surface area contributed by atoms with Crippen LogP contribution in [0.25, 0.3) is 0 Å². The fourth-order valence-corrected chi connectivity index (χ4v) is 2.54. The summed E-state index contributed by atoms with van der Waals surface area (Å²) < 4.78 is 42.1. The van der Waals surface area contributed by atoms with Gasteiger partial charge in [0.15, 0.2) is 0 Å². The van der Waals surface area contributed by atoms with Gasteiger partial charge in [-0.05, 0) is 12.1 Å². The lowest BCUT2D eigenvalue weighted by Crippen LogP contribution is -2.52. The smallest absolute Gasteiger partial charge is 0.461 e. The molecule has 132 valence electrons. The van der Waals surface area contributed by atoms with Crippen LogP contribution < -0.4 is 0 Å². The lowest BCUT2D eigenvalue weighted by molar-refractivity contribution is -0.187. The van der Waals surface area contributed by atoms with Crippen molar-refractivity contribution in [2.75, 3.05) is 39.3 Å². The number of carbonyl (C=O) groups excluding carboxylic acids is 2. The minimum Gasteiger partial charge on any atom is -0.461 e. The molecular weight excluding hydrogens is 349 g/mol. The number of rotatable bonds is 4. The molecule has 1 aliphatic rings. The van der Waals surface area contributed by atoms with Gasteiger partial charge in [-0.15, -0.1) is 0 Å². The Morgan fingerprint density at radius 1 is 1.12 bits per heavy atom. The third kappa shape index (κ3) is 4.85. The summed E-state index contributed by atoms with van der Waals surface area (Å²) in [7, 11) is 0. The largest absolute Gasteiger partial charge is 0.471 e. The van der Waals surface area contributed by atoms with Gasteiger partial charge >= 0.3 is 18.1 Å². The Balaban J connectivity index is 1.73. The van der Waals surface area contributed by atoms with Crippen LogP contribution in [0.15, 0.2) is 24.3 Å². The molecule has 1 amide bonds. The summed E-state index contributed by atoms with van der Waals surface area (Å²) in [6, 6.07) is 6.49. The van der Waals surface area contributed by atoms with Gasteiger partial charge in [-0.1, -0.05) is 23.7 Å². The average molecular weight is 365 g/mol. The van der Waals surface area contributed by atoms with Crippen molar-refractivity contribution >= 4 is 23.5 Å². The topological polar surface area (TPSA) is 49.9 Å². The Hall–Kier alpha value is -1.80. The van der Waals surface area contributed by atoms with Crippen molar-refractivity contribution < 1.29 is 27.5 Å². The molecule has 1 saturated heterocycles. The number of benzene rings is 1. The van der Waals surface area contributed by atoms with Crippen LogP contribution >= 0.6 is 11.6 Å². The van der Waals surface area contributed by atoms with Gasteiger partial charge in [0.1, 0.15) is 6.61 Å². The minimum atomic E-state index is -4.84. The first-order valence-corrected chi connectivity index (χ1v) is 7.67. The van der Waals surface area contributed by atoms with E-state index in [0.717, 1.165) is 4.90 Å². The van der Waals surface area contributed by atoms with Crippen molar-refractivity contribution in [2.45, 2.75) is 6.18 Å². The van der Waals surface area contributed by atoms with Crippen molar-refractivity contribution in [1.29, 1.82) is 0 Å². The van der Waals surface area contributed by atoms with Gasteiger partial charge in [0, 0.05) is 32.7 Å². The van der Waals surface area contributed by atoms with Crippen LogP contribution in [-0.4, -0.2) is 67.2 Å². The number of esters is 1. The van der Waals surface area contributed by atoms with E-state index in [1.165, 1.54) is 0 Å². The molecule has 0 N–H and O–H groups in total. The first kappa shape index (κ1) is 18.5. The van der Waals surface area contributed by atoms with Crippen LogP contribution in [0.4, 0.5) is 13.2 Å². The van der Waals surface area contributed by atoms with Crippen LogP contribution in [-0.2, 0) is 9.53 Å². The Morgan fingerprint density at radius 3 is 2.33 bits per heavy atom. The highest BCUT2D eigenvalue weighted by Gasteiger charge is 2.43.